The van der Waals surface area contributed by atoms with Crippen LogP contribution in [0, 0.1) is 0 Å². The third kappa shape index (κ3) is 4.63. The van der Waals surface area contributed by atoms with E-state index in [4.69, 9.17) is 0 Å². The van der Waals surface area contributed by atoms with Gasteiger partial charge in [-0.3, -0.25) is 14.2 Å². The maximum Gasteiger partial charge on any atom is 0.247 e. The first-order valence-electron chi connectivity index (χ1n) is 11.2. The van der Waals surface area contributed by atoms with Crippen LogP contribution in [0.25, 0.3) is 11.4 Å². The van der Waals surface area contributed by atoms with Gasteiger partial charge in [-0.1, -0.05) is 42.1 Å². The van der Waals surface area contributed by atoms with Crippen LogP contribution in [0.15, 0.2) is 96.7 Å². The SMILES string of the molecule is O=C(Nc1ccccc1-n1cccc1)[C@@H]1CCCN1C(=O)CSc1nccn1-c1ccccc1. The van der Waals surface area contributed by atoms with Crippen molar-refractivity contribution in [3.05, 3.63) is 91.5 Å². The van der Waals surface area contributed by atoms with Crippen molar-refractivity contribution in [2.24, 2.45) is 0 Å². The van der Waals surface area contributed by atoms with Crippen LogP contribution in [0.3, 0.4) is 0 Å². The van der Waals surface area contributed by atoms with Crippen molar-refractivity contribution in [2.75, 3.05) is 17.6 Å². The monoisotopic (exact) mass is 471 g/mol. The summed E-state index contributed by atoms with van der Waals surface area (Å²) in [6, 6.07) is 21.0. The van der Waals surface area contributed by atoms with Crippen LogP contribution in [0.5, 0.6) is 0 Å². The zero-order valence-electron chi connectivity index (χ0n) is 18.6. The lowest BCUT2D eigenvalue weighted by Crippen LogP contribution is -2.44. The molecule has 0 bridgehead atoms. The Labute approximate surface area is 202 Å². The zero-order chi connectivity index (χ0) is 23.3. The number of amides is 2. The fourth-order valence-electron chi connectivity index (χ4n) is 4.24. The number of imidazole rings is 1. The van der Waals surface area contributed by atoms with Crippen molar-refractivity contribution in [2.45, 2.75) is 24.0 Å². The molecule has 2 aromatic heterocycles. The summed E-state index contributed by atoms with van der Waals surface area (Å²) in [5, 5.41) is 3.80. The van der Waals surface area contributed by atoms with Gasteiger partial charge in [-0.25, -0.2) is 4.98 Å². The van der Waals surface area contributed by atoms with Crippen molar-refractivity contribution in [1.29, 1.82) is 0 Å². The number of anilines is 1. The lowest BCUT2D eigenvalue weighted by Gasteiger charge is -2.24. The molecule has 0 unspecified atom stereocenters. The number of likely N-dealkylation sites (tertiary alicyclic amines) is 1. The molecule has 0 radical (unpaired) electrons. The molecule has 7 nitrogen and oxygen atoms in total. The molecule has 0 aliphatic carbocycles. The second-order valence-electron chi connectivity index (χ2n) is 8.05. The highest BCUT2D eigenvalue weighted by Crippen LogP contribution is 2.26. The number of rotatable bonds is 7. The topological polar surface area (TPSA) is 72.2 Å². The van der Waals surface area contributed by atoms with E-state index >= 15 is 0 Å². The van der Waals surface area contributed by atoms with E-state index in [-0.39, 0.29) is 17.6 Å². The molecular weight excluding hydrogens is 446 g/mol. The van der Waals surface area contributed by atoms with Crippen LogP contribution >= 0.6 is 11.8 Å². The highest BCUT2D eigenvalue weighted by atomic mass is 32.2. The average molecular weight is 472 g/mol. The van der Waals surface area contributed by atoms with Crippen molar-refractivity contribution in [3.8, 4) is 11.4 Å². The lowest BCUT2D eigenvalue weighted by molar-refractivity contribution is -0.134. The number of nitrogens with zero attached hydrogens (tertiary/aromatic N) is 4. The maximum absolute atomic E-state index is 13.2. The number of nitrogens with one attached hydrogen (secondary N) is 1. The number of para-hydroxylation sites is 3. The molecule has 3 heterocycles. The summed E-state index contributed by atoms with van der Waals surface area (Å²) >= 11 is 1.39. The number of carbonyl (C=O) groups excluding carboxylic acids is 2. The van der Waals surface area contributed by atoms with Crippen molar-refractivity contribution >= 4 is 29.3 Å². The fourth-order valence-corrected chi connectivity index (χ4v) is 5.10. The van der Waals surface area contributed by atoms with Crippen molar-refractivity contribution < 1.29 is 9.59 Å². The number of hydrogen-bond donors (Lipinski definition) is 1. The number of benzene rings is 2. The second-order valence-corrected chi connectivity index (χ2v) is 8.99. The second kappa shape index (κ2) is 10.0. The minimum Gasteiger partial charge on any atom is -0.330 e. The zero-order valence-corrected chi connectivity index (χ0v) is 19.4. The Morgan fingerprint density at radius 1 is 0.971 bits per heavy atom. The largest absolute Gasteiger partial charge is 0.330 e. The van der Waals surface area contributed by atoms with Gasteiger partial charge in [0.15, 0.2) is 5.16 Å². The Hall–Kier alpha value is -3.78. The molecule has 2 amide bonds. The smallest absolute Gasteiger partial charge is 0.247 e. The number of carbonyl (C=O) groups is 2. The van der Waals surface area contributed by atoms with Gasteiger partial charge in [0, 0.05) is 37.0 Å². The number of thioether (sulfide) groups is 1. The van der Waals surface area contributed by atoms with E-state index in [9.17, 15) is 9.59 Å². The minimum atomic E-state index is -0.473. The third-order valence-corrected chi connectivity index (χ3v) is 6.84. The summed E-state index contributed by atoms with van der Waals surface area (Å²) in [7, 11) is 0. The van der Waals surface area contributed by atoms with Crippen LogP contribution in [-0.2, 0) is 9.59 Å². The summed E-state index contributed by atoms with van der Waals surface area (Å²) < 4.78 is 3.92. The fraction of sp³-hybridized carbons (Fsp3) is 0.192. The molecule has 1 atom stereocenters. The van der Waals surface area contributed by atoms with Gasteiger partial charge in [-0.2, -0.15) is 0 Å². The molecule has 8 heteroatoms. The molecule has 5 rings (SSSR count). The molecule has 0 saturated carbocycles. The van der Waals surface area contributed by atoms with E-state index in [1.807, 2.05) is 94.5 Å². The highest BCUT2D eigenvalue weighted by Gasteiger charge is 2.34. The van der Waals surface area contributed by atoms with Crippen LogP contribution in [0.4, 0.5) is 5.69 Å². The van der Waals surface area contributed by atoms with Gasteiger partial charge in [0.2, 0.25) is 11.8 Å². The summed E-state index contributed by atoms with van der Waals surface area (Å²) in [5.41, 5.74) is 2.61. The molecule has 1 saturated heterocycles. The minimum absolute atomic E-state index is 0.0519. The van der Waals surface area contributed by atoms with Gasteiger partial charge in [-0.05, 0) is 49.2 Å². The highest BCUT2D eigenvalue weighted by molar-refractivity contribution is 7.99. The summed E-state index contributed by atoms with van der Waals surface area (Å²) in [4.78, 5) is 32.4. The summed E-state index contributed by atoms with van der Waals surface area (Å²) in [5.74, 6) is 0.0262. The average Bonchev–Trinajstić information content (AvgIpc) is 3.65. The summed E-state index contributed by atoms with van der Waals surface area (Å²) in [6.45, 7) is 0.587. The first-order chi connectivity index (χ1) is 16.7. The first kappa shape index (κ1) is 22.0. The molecular formula is C26H25N5O2S. The lowest BCUT2D eigenvalue weighted by atomic mass is 10.2. The van der Waals surface area contributed by atoms with E-state index in [0.29, 0.717) is 13.0 Å². The number of hydrogen-bond acceptors (Lipinski definition) is 4. The molecule has 34 heavy (non-hydrogen) atoms. The Kier molecular flexibility index (Phi) is 6.49. The van der Waals surface area contributed by atoms with Gasteiger partial charge >= 0.3 is 0 Å². The van der Waals surface area contributed by atoms with E-state index in [1.165, 1.54) is 11.8 Å². The summed E-state index contributed by atoms with van der Waals surface area (Å²) in [6.07, 6.45) is 8.96. The van der Waals surface area contributed by atoms with Crippen molar-refractivity contribution in [1.82, 2.24) is 19.0 Å². The Bertz CT molecular complexity index is 1270. The predicted octanol–water partition coefficient (Wildman–Crippen LogP) is 4.38. The molecule has 1 fully saturated rings. The Morgan fingerprint density at radius 3 is 2.56 bits per heavy atom. The molecule has 0 spiro atoms. The molecule has 1 aliphatic rings. The van der Waals surface area contributed by atoms with Gasteiger partial charge in [0.25, 0.3) is 0 Å². The number of aromatic nitrogens is 3. The van der Waals surface area contributed by atoms with Gasteiger partial charge in [0.05, 0.1) is 17.1 Å². The molecule has 2 aromatic carbocycles. The van der Waals surface area contributed by atoms with E-state index in [1.54, 1.807) is 11.1 Å². The van der Waals surface area contributed by atoms with Gasteiger partial charge < -0.3 is 14.8 Å². The standard InChI is InChI=1S/C26H25N5O2S/c32-24(19-34-26-27-14-18-30(26)20-9-2-1-3-10-20)31-17-8-13-23(31)25(33)28-21-11-4-5-12-22(21)29-15-6-7-16-29/h1-7,9-12,14-16,18,23H,8,13,17,19H2,(H,28,33)/t23-/m0/s1. The molecule has 1 N–H and O–H groups in total. The Balaban J connectivity index is 1.25. The third-order valence-electron chi connectivity index (χ3n) is 5.89. The first-order valence-corrected chi connectivity index (χ1v) is 12.2. The molecule has 4 aromatic rings. The van der Waals surface area contributed by atoms with E-state index in [2.05, 4.69) is 10.3 Å². The van der Waals surface area contributed by atoms with Gasteiger partial charge in [0.1, 0.15) is 6.04 Å². The Morgan fingerprint density at radius 2 is 1.74 bits per heavy atom. The van der Waals surface area contributed by atoms with Crippen LogP contribution in [-0.4, -0.2) is 49.2 Å². The van der Waals surface area contributed by atoms with E-state index < -0.39 is 6.04 Å². The normalized spacial score (nSPS) is 15.4. The maximum atomic E-state index is 13.2. The van der Waals surface area contributed by atoms with Gasteiger partial charge in [-0.15, -0.1) is 0 Å². The quantitative estimate of drug-likeness (QED) is 0.406. The van der Waals surface area contributed by atoms with Crippen molar-refractivity contribution in [3.63, 3.8) is 0 Å². The molecule has 1 aliphatic heterocycles. The predicted molar refractivity (Wildman–Crippen MR) is 133 cm³/mol. The molecule has 172 valence electrons. The van der Waals surface area contributed by atoms with Crippen LogP contribution in [0.2, 0.25) is 0 Å². The van der Waals surface area contributed by atoms with E-state index in [0.717, 1.165) is 28.6 Å². The van der Waals surface area contributed by atoms with Crippen LogP contribution in [0.1, 0.15) is 12.8 Å². The van der Waals surface area contributed by atoms with Crippen LogP contribution < -0.4 is 5.32 Å².